The van der Waals surface area contributed by atoms with Crippen molar-refractivity contribution in [2.45, 2.75) is 96.7 Å². The van der Waals surface area contributed by atoms with E-state index >= 15 is 0 Å². The van der Waals surface area contributed by atoms with E-state index in [0.717, 1.165) is 12.8 Å². The zero-order valence-corrected chi connectivity index (χ0v) is 19.3. The number of aliphatic hydroxyl groups excluding tert-OH is 2. The summed E-state index contributed by atoms with van der Waals surface area (Å²) in [4.78, 5) is 22.2. The highest BCUT2D eigenvalue weighted by atomic mass is 16.6. The molecule has 31 heavy (non-hydrogen) atoms. The number of hydrogen-bond acceptors (Lipinski definition) is 6. The van der Waals surface area contributed by atoms with Gasteiger partial charge in [0.15, 0.2) is 0 Å². The monoisotopic (exact) mass is 438 g/mol. The van der Waals surface area contributed by atoms with E-state index in [0.29, 0.717) is 12.8 Å². The van der Waals surface area contributed by atoms with E-state index in [9.17, 15) is 19.8 Å². The van der Waals surface area contributed by atoms with Crippen LogP contribution < -0.4 is 0 Å². The van der Waals surface area contributed by atoms with Crippen molar-refractivity contribution in [1.29, 1.82) is 0 Å². The molecule has 0 aromatic rings. The molecule has 0 heterocycles. The van der Waals surface area contributed by atoms with E-state index < -0.39 is 24.1 Å². The average Bonchev–Trinajstić information content (AvgIpc) is 2.74. The lowest BCUT2D eigenvalue weighted by Crippen LogP contribution is -2.24. The Bertz CT molecular complexity index is 538. The van der Waals surface area contributed by atoms with Crippen molar-refractivity contribution in [2.24, 2.45) is 0 Å². The van der Waals surface area contributed by atoms with Crippen molar-refractivity contribution < 1.29 is 29.3 Å². The van der Waals surface area contributed by atoms with Gasteiger partial charge in [0.1, 0.15) is 19.3 Å². The molecule has 0 saturated carbocycles. The molecular formula is C25H42O6. The Morgan fingerprint density at radius 1 is 0.871 bits per heavy atom. The van der Waals surface area contributed by atoms with E-state index in [4.69, 9.17) is 4.74 Å². The molecule has 0 bridgehead atoms. The molecule has 0 aromatic carbocycles. The molecular weight excluding hydrogens is 396 g/mol. The third-order valence-corrected chi connectivity index (χ3v) is 4.54. The molecule has 6 nitrogen and oxygen atoms in total. The van der Waals surface area contributed by atoms with Gasteiger partial charge in [-0.15, -0.1) is 0 Å². The van der Waals surface area contributed by atoms with Crippen LogP contribution >= 0.6 is 0 Å². The molecule has 2 N–H and O–H groups in total. The lowest BCUT2D eigenvalue weighted by molar-refractivity contribution is -0.151. The van der Waals surface area contributed by atoms with E-state index in [-0.39, 0.29) is 19.6 Å². The largest absolute Gasteiger partial charge is 0.463 e. The van der Waals surface area contributed by atoms with E-state index in [1.165, 1.54) is 45.4 Å². The standard InChI is InChI=1S/C25H42O6/c1-3-4-5-6-7-8-9-10-11-12-13-14-15-17-23(27)18-16-19-25(29)31-21-24(28)20-30-22(2)26/h10-11,13-15,17,23-24,27-28H,3-9,12,16,18-21H2,1-2H3/b11-10+,14-13+,17-15+/t23?,24-/m0/s1. The summed E-state index contributed by atoms with van der Waals surface area (Å²) in [5, 5.41) is 19.4. The lowest BCUT2D eigenvalue weighted by atomic mass is 10.1. The van der Waals surface area contributed by atoms with Gasteiger partial charge in [0.05, 0.1) is 6.10 Å². The first-order chi connectivity index (χ1) is 15.0. The number of aliphatic hydroxyl groups is 2. The van der Waals surface area contributed by atoms with Gasteiger partial charge in [0.25, 0.3) is 0 Å². The summed E-state index contributed by atoms with van der Waals surface area (Å²) >= 11 is 0. The van der Waals surface area contributed by atoms with E-state index in [1.54, 1.807) is 6.08 Å². The molecule has 2 atom stereocenters. The van der Waals surface area contributed by atoms with Gasteiger partial charge in [-0.2, -0.15) is 0 Å². The first-order valence-corrected chi connectivity index (χ1v) is 11.6. The fourth-order valence-corrected chi connectivity index (χ4v) is 2.76. The zero-order valence-electron chi connectivity index (χ0n) is 19.3. The van der Waals surface area contributed by atoms with Gasteiger partial charge in [0.2, 0.25) is 0 Å². The molecule has 0 rings (SSSR count). The highest BCUT2D eigenvalue weighted by Crippen LogP contribution is 2.07. The summed E-state index contributed by atoms with van der Waals surface area (Å²) in [5.74, 6) is -0.951. The number of hydrogen-bond donors (Lipinski definition) is 2. The van der Waals surface area contributed by atoms with Crippen LogP contribution in [-0.4, -0.2) is 47.6 Å². The van der Waals surface area contributed by atoms with Crippen molar-refractivity contribution >= 4 is 11.9 Å². The first kappa shape index (κ1) is 29.1. The Kier molecular flexibility index (Phi) is 20.0. The van der Waals surface area contributed by atoms with Crippen LogP contribution in [0.3, 0.4) is 0 Å². The molecule has 0 aliphatic heterocycles. The van der Waals surface area contributed by atoms with Crippen LogP contribution in [0, 0.1) is 0 Å². The smallest absolute Gasteiger partial charge is 0.305 e. The highest BCUT2D eigenvalue weighted by molar-refractivity contribution is 5.69. The maximum absolute atomic E-state index is 11.6. The van der Waals surface area contributed by atoms with Crippen molar-refractivity contribution in [2.75, 3.05) is 13.2 Å². The van der Waals surface area contributed by atoms with Gasteiger partial charge in [-0.05, 0) is 32.1 Å². The van der Waals surface area contributed by atoms with Crippen molar-refractivity contribution in [3.05, 3.63) is 36.5 Å². The summed E-state index contributed by atoms with van der Waals surface area (Å²) in [6.45, 7) is 3.06. The van der Waals surface area contributed by atoms with Gasteiger partial charge in [-0.25, -0.2) is 0 Å². The maximum Gasteiger partial charge on any atom is 0.305 e. The van der Waals surface area contributed by atoms with Crippen molar-refractivity contribution in [3.63, 3.8) is 0 Å². The van der Waals surface area contributed by atoms with Crippen molar-refractivity contribution in [3.8, 4) is 0 Å². The molecule has 6 heteroatoms. The second-order valence-electron chi connectivity index (χ2n) is 7.68. The first-order valence-electron chi connectivity index (χ1n) is 11.6. The number of rotatable bonds is 19. The Balaban J connectivity index is 3.67. The van der Waals surface area contributed by atoms with E-state index in [2.05, 4.69) is 23.8 Å². The molecule has 0 amide bonds. The van der Waals surface area contributed by atoms with Crippen LogP contribution in [0.1, 0.15) is 84.5 Å². The minimum absolute atomic E-state index is 0.157. The second kappa shape index (κ2) is 21.3. The second-order valence-corrected chi connectivity index (χ2v) is 7.68. The SMILES string of the molecule is CCCCCCCC/C=C/C/C=C/C=C/C(O)CCCC(=O)OC[C@@H](O)COC(C)=O. The molecule has 1 unspecified atom stereocenters. The molecule has 0 aliphatic rings. The summed E-state index contributed by atoms with van der Waals surface area (Å²) in [5.41, 5.74) is 0. The van der Waals surface area contributed by atoms with Crippen molar-refractivity contribution in [1.82, 2.24) is 0 Å². The summed E-state index contributed by atoms with van der Waals surface area (Å²) in [6.07, 6.45) is 21.3. The zero-order chi connectivity index (χ0) is 23.2. The predicted molar refractivity (Wildman–Crippen MR) is 123 cm³/mol. The van der Waals surface area contributed by atoms with Gasteiger partial charge in [0, 0.05) is 13.3 Å². The lowest BCUT2D eigenvalue weighted by Gasteiger charge is -2.11. The molecule has 178 valence electrons. The van der Waals surface area contributed by atoms with Gasteiger partial charge < -0.3 is 19.7 Å². The quantitative estimate of drug-likeness (QED) is 0.130. The minimum Gasteiger partial charge on any atom is -0.463 e. The Hall–Kier alpha value is -1.92. The normalized spacial score (nSPS) is 13.8. The number of carbonyl (C=O) groups excluding carboxylic acids is 2. The summed E-state index contributed by atoms with van der Waals surface area (Å²) in [6, 6.07) is 0. The Labute approximate surface area is 188 Å². The van der Waals surface area contributed by atoms with Crippen LogP contribution in [0.5, 0.6) is 0 Å². The van der Waals surface area contributed by atoms with Crippen LogP contribution in [-0.2, 0) is 19.1 Å². The summed E-state index contributed by atoms with van der Waals surface area (Å²) in [7, 11) is 0. The van der Waals surface area contributed by atoms with Crippen LogP contribution in [0.25, 0.3) is 0 Å². The number of ether oxygens (including phenoxy) is 2. The van der Waals surface area contributed by atoms with Gasteiger partial charge in [-0.1, -0.05) is 75.5 Å². The Morgan fingerprint density at radius 3 is 2.32 bits per heavy atom. The number of unbranched alkanes of at least 4 members (excludes halogenated alkanes) is 6. The molecule has 0 fully saturated rings. The minimum atomic E-state index is -1.03. The maximum atomic E-state index is 11.6. The third-order valence-electron chi connectivity index (χ3n) is 4.54. The highest BCUT2D eigenvalue weighted by Gasteiger charge is 2.11. The molecule has 0 aromatic heterocycles. The fraction of sp³-hybridized carbons (Fsp3) is 0.680. The van der Waals surface area contributed by atoms with Crippen LogP contribution in [0.4, 0.5) is 0 Å². The fourth-order valence-electron chi connectivity index (χ4n) is 2.76. The van der Waals surface area contributed by atoms with E-state index in [1.807, 2.05) is 18.2 Å². The van der Waals surface area contributed by atoms with Crippen LogP contribution in [0.2, 0.25) is 0 Å². The number of carbonyl (C=O) groups is 2. The molecule has 0 radical (unpaired) electrons. The Morgan fingerprint density at radius 2 is 1.58 bits per heavy atom. The van der Waals surface area contributed by atoms with Gasteiger partial charge in [-0.3, -0.25) is 9.59 Å². The predicted octanol–water partition coefficient (Wildman–Crippen LogP) is 4.79. The van der Waals surface area contributed by atoms with Gasteiger partial charge >= 0.3 is 11.9 Å². The van der Waals surface area contributed by atoms with Crippen LogP contribution in [0.15, 0.2) is 36.5 Å². The number of esters is 2. The average molecular weight is 439 g/mol. The molecule has 0 saturated heterocycles. The molecule has 0 spiro atoms. The summed E-state index contributed by atoms with van der Waals surface area (Å²) < 4.78 is 9.52. The topological polar surface area (TPSA) is 93.1 Å². The third kappa shape index (κ3) is 22.6. The molecule has 0 aliphatic carbocycles. The number of allylic oxidation sites excluding steroid dienone is 5.